The molecule has 2 fully saturated rings. The lowest BCUT2D eigenvalue weighted by atomic mass is 9.68. The van der Waals surface area contributed by atoms with Crippen molar-refractivity contribution in [2.45, 2.75) is 25.7 Å². The van der Waals surface area contributed by atoms with Crippen LogP contribution in [0.1, 0.15) is 25.7 Å². The average molecular weight is 412 g/mol. The number of fused-ring (bicyclic) bond motifs is 1. The number of aromatic nitrogens is 1. The molecule has 146 valence electrons. The Morgan fingerprint density at radius 2 is 2.30 bits per heavy atom. The Labute approximate surface area is 168 Å². The number of hydrogen-bond acceptors (Lipinski definition) is 5. The maximum absolute atomic E-state index is 13.6. The van der Waals surface area contributed by atoms with Gasteiger partial charge in [-0.1, -0.05) is 12.8 Å². The van der Waals surface area contributed by atoms with Crippen LogP contribution in [0.15, 0.2) is 23.6 Å². The van der Waals surface area contributed by atoms with Gasteiger partial charge in [-0.15, -0.1) is 23.7 Å². The SMILES string of the molecule is COc1ccc(F)cc1-c1csc(NC(=O)[C@@]23CCCC[C@H]2CNC3)n1.Cl. The van der Waals surface area contributed by atoms with Crippen molar-refractivity contribution in [3.8, 4) is 17.0 Å². The van der Waals surface area contributed by atoms with Crippen LogP contribution in [0, 0.1) is 17.2 Å². The lowest BCUT2D eigenvalue weighted by molar-refractivity contribution is -0.128. The Morgan fingerprint density at radius 3 is 3.11 bits per heavy atom. The molecular weight excluding hydrogens is 389 g/mol. The molecule has 1 aromatic carbocycles. The number of ether oxygens (including phenoxy) is 1. The number of nitrogens with one attached hydrogen (secondary N) is 2. The van der Waals surface area contributed by atoms with Crippen LogP contribution < -0.4 is 15.4 Å². The predicted molar refractivity (Wildman–Crippen MR) is 107 cm³/mol. The number of hydrogen-bond donors (Lipinski definition) is 2. The van der Waals surface area contributed by atoms with Gasteiger partial charge in [0.2, 0.25) is 5.91 Å². The number of anilines is 1. The molecule has 4 rings (SSSR count). The molecule has 1 aliphatic heterocycles. The highest BCUT2D eigenvalue weighted by Crippen LogP contribution is 2.44. The van der Waals surface area contributed by atoms with E-state index in [0.717, 1.165) is 32.4 Å². The van der Waals surface area contributed by atoms with Crippen LogP contribution >= 0.6 is 23.7 Å². The zero-order valence-electron chi connectivity index (χ0n) is 15.1. The third-order valence-electron chi connectivity index (χ3n) is 5.65. The maximum atomic E-state index is 13.6. The second kappa shape index (κ2) is 8.12. The number of thiazole rings is 1. The average Bonchev–Trinajstić information content (AvgIpc) is 3.29. The third kappa shape index (κ3) is 3.68. The van der Waals surface area contributed by atoms with Crippen LogP contribution in [0.4, 0.5) is 9.52 Å². The van der Waals surface area contributed by atoms with Gasteiger partial charge in [-0.3, -0.25) is 4.79 Å². The highest BCUT2D eigenvalue weighted by atomic mass is 35.5. The minimum absolute atomic E-state index is 0. The van der Waals surface area contributed by atoms with E-state index in [2.05, 4.69) is 15.6 Å². The van der Waals surface area contributed by atoms with Crippen LogP contribution in [0.25, 0.3) is 11.3 Å². The van der Waals surface area contributed by atoms with Gasteiger partial charge in [0.25, 0.3) is 0 Å². The van der Waals surface area contributed by atoms with E-state index >= 15 is 0 Å². The first-order valence-electron chi connectivity index (χ1n) is 8.94. The number of halogens is 2. The summed E-state index contributed by atoms with van der Waals surface area (Å²) in [6.07, 6.45) is 4.31. The van der Waals surface area contributed by atoms with Gasteiger partial charge in [0.1, 0.15) is 11.6 Å². The predicted octanol–water partition coefficient (Wildman–Crippen LogP) is 4.10. The van der Waals surface area contributed by atoms with E-state index in [-0.39, 0.29) is 29.5 Å². The monoisotopic (exact) mass is 411 g/mol. The fraction of sp³-hybridized carbons (Fsp3) is 0.474. The quantitative estimate of drug-likeness (QED) is 0.795. The maximum Gasteiger partial charge on any atom is 0.233 e. The summed E-state index contributed by atoms with van der Waals surface area (Å²) in [5.74, 6) is 0.666. The van der Waals surface area contributed by atoms with Crippen molar-refractivity contribution in [1.82, 2.24) is 10.3 Å². The molecule has 2 atom stereocenters. The molecule has 27 heavy (non-hydrogen) atoms. The van der Waals surface area contributed by atoms with E-state index in [1.54, 1.807) is 13.2 Å². The molecule has 0 unspecified atom stereocenters. The number of rotatable bonds is 4. The zero-order chi connectivity index (χ0) is 18.1. The summed E-state index contributed by atoms with van der Waals surface area (Å²) in [7, 11) is 1.54. The van der Waals surface area contributed by atoms with Gasteiger partial charge in [-0.2, -0.15) is 0 Å². The van der Waals surface area contributed by atoms with E-state index in [0.29, 0.717) is 28.1 Å². The van der Waals surface area contributed by atoms with Crippen molar-refractivity contribution >= 4 is 34.8 Å². The van der Waals surface area contributed by atoms with E-state index < -0.39 is 0 Å². The highest BCUT2D eigenvalue weighted by Gasteiger charge is 2.50. The molecule has 0 radical (unpaired) electrons. The van der Waals surface area contributed by atoms with E-state index in [1.165, 1.54) is 29.9 Å². The van der Waals surface area contributed by atoms with Gasteiger partial charge in [0.05, 0.1) is 18.2 Å². The largest absolute Gasteiger partial charge is 0.496 e. The normalized spacial score (nSPS) is 24.0. The second-order valence-corrected chi connectivity index (χ2v) is 7.92. The first kappa shape index (κ1) is 20.0. The molecule has 5 nitrogen and oxygen atoms in total. The Morgan fingerprint density at radius 1 is 1.44 bits per heavy atom. The molecule has 2 N–H and O–H groups in total. The van der Waals surface area contributed by atoms with Gasteiger partial charge >= 0.3 is 0 Å². The van der Waals surface area contributed by atoms with Gasteiger partial charge in [0.15, 0.2) is 5.13 Å². The van der Waals surface area contributed by atoms with E-state index in [9.17, 15) is 9.18 Å². The fourth-order valence-electron chi connectivity index (χ4n) is 4.25. The molecule has 1 aromatic heterocycles. The molecule has 1 amide bonds. The number of carbonyl (C=O) groups excluding carboxylic acids is 1. The van der Waals surface area contributed by atoms with E-state index in [4.69, 9.17) is 4.74 Å². The summed E-state index contributed by atoms with van der Waals surface area (Å²) in [6, 6.07) is 4.33. The zero-order valence-corrected chi connectivity index (χ0v) is 16.7. The first-order valence-corrected chi connectivity index (χ1v) is 9.82. The Balaban J connectivity index is 0.00000210. The molecule has 2 aromatic rings. The third-order valence-corrected chi connectivity index (χ3v) is 6.41. The summed E-state index contributed by atoms with van der Waals surface area (Å²) < 4.78 is 18.9. The highest BCUT2D eigenvalue weighted by molar-refractivity contribution is 7.14. The molecular formula is C19H23ClFN3O2S. The van der Waals surface area contributed by atoms with Crippen molar-refractivity contribution < 1.29 is 13.9 Å². The smallest absolute Gasteiger partial charge is 0.233 e. The summed E-state index contributed by atoms with van der Waals surface area (Å²) in [6.45, 7) is 1.65. The van der Waals surface area contributed by atoms with Crippen molar-refractivity contribution in [2.75, 3.05) is 25.5 Å². The molecule has 0 spiro atoms. The number of benzene rings is 1. The van der Waals surface area contributed by atoms with Crippen molar-refractivity contribution in [3.63, 3.8) is 0 Å². The second-order valence-electron chi connectivity index (χ2n) is 7.07. The lowest BCUT2D eigenvalue weighted by Crippen LogP contribution is -2.44. The number of carbonyl (C=O) groups is 1. The van der Waals surface area contributed by atoms with Gasteiger partial charge in [-0.05, 0) is 43.5 Å². The number of nitrogens with zero attached hydrogens (tertiary/aromatic N) is 1. The lowest BCUT2D eigenvalue weighted by Gasteiger charge is -2.36. The van der Waals surface area contributed by atoms with Crippen LogP contribution in [-0.2, 0) is 4.79 Å². The number of amides is 1. The molecule has 1 aliphatic carbocycles. The van der Waals surface area contributed by atoms with Gasteiger partial charge in [-0.25, -0.2) is 9.37 Å². The van der Waals surface area contributed by atoms with Crippen LogP contribution in [0.3, 0.4) is 0 Å². The van der Waals surface area contributed by atoms with Crippen molar-refractivity contribution in [1.29, 1.82) is 0 Å². The van der Waals surface area contributed by atoms with Crippen molar-refractivity contribution in [2.24, 2.45) is 11.3 Å². The minimum atomic E-state index is -0.347. The van der Waals surface area contributed by atoms with Crippen LogP contribution in [0.2, 0.25) is 0 Å². The molecule has 1 saturated heterocycles. The summed E-state index contributed by atoms with van der Waals surface area (Å²) in [5, 5.41) is 8.76. The first-order chi connectivity index (χ1) is 12.6. The summed E-state index contributed by atoms with van der Waals surface area (Å²) in [5.41, 5.74) is 0.866. The fourth-order valence-corrected chi connectivity index (χ4v) is 4.95. The minimum Gasteiger partial charge on any atom is -0.496 e. The van der Waals surface area contributed by atoms with Crippen molar-refractivity contribution in [3.05, 3.63) is 29.4 Å². The molecule has 8 heteroatoms. The van der Waals surface area contributed by atoms with Crippen LogP contribution in [-0.4, -0.2) is 31.1 Å². The summed E-state index contributed by atoms with van der Waals surface area (Å²) in [4.78, 5) is 17.5. The number of methoxy groups -OCH3 is 1. The Kier molecular flexibility index (Phi) is 6.03. The van der Waals surface area contributed by atoms with Gasteiger partial charge < -0.3 is 15.4 Å². The van der Waals surface area contributed by atoms with Crippen LogP contribution in [0.5, 0.6) is 5.75 Å². The molecule has 2 aliphatic rings. The molecule has 0 bridgehead atoms. The summed E-state index contributed by atoms with van der Waals surface area (Å²) >= 11 is 1.35. The Bertz CT molecular complexity index is 831. The Hall–Kier alpha value is -1.70. The molecule has 1 saturated carbocycles. The molecule has 2 heterocycles. The van der Waals surface area contributed by atoms with E-state index in [1.807, 2.05) is 5.38 Å². The topological polar surface area (TPSA) is 63.2 Å². The van der Waals surface area contributed by atoms with Gasteiger partial charge in [0, 0.05) is 17.5 Å². The standard InChI is InChI=1S/C19H22FN3O2S.ClH/c1-25-16-6-5-13(20)8-14(16)15-10-26-18(22-15)23-17(24)19-7-3-2-4-12(19)9-21-11-19;/h5-6,8,10,12,21H,2-4,7,9,11H2,1H3,(H,22,23,24);1H/t12-,19+;/m0./s1.